The van der Waals surface area contributed by atoms with Crippen LogP contribution in [0.1, 0.15) is 29.0 Å². The summed E-state index contributed by atoms with van der Waals surface area (Å²) in [5.74, 6) is 0. The molecule has 17 heavy (non-hydrogen) atoms. The first-order chi connectivity index (χ1) is 8.11. The van der Waals surface area contributed by atoms with Crippen molar-refractivity contribution in [3.05, 3.63) is 40.4 Å². The van der Waals surface area contributed by atoms with Gasteiger partial charge in [0.15, 0.2) is 0 Å². The summed E-state index contributed by atoms with van der Waals surface area (Å²) < 4.78 is 0. The highest BCUT2D eigenvalue weighted by Gasteiger charge is 2.09. The average molecular weight is 246 g/mol. The van der Waals surface area contributed by atoms with E-state index in [2.05, 4.69) is 49.3 Å². The van der Waals surface area contributed by atoms with E-state index in [4.69, 9.17) is 0 Å². The van der Waals surface area contributed by atoms with Gasteiger partial charge in [0.2, 0.25) is 0 Å². The van der Waals surface area contributed by atoms with E-state index in [9.17, 15) is 0 Å². The van der Waals surface area contributed by atoms with Crippen LogP contribution in [0.15, 0.2) is 24.4 Å². The molecule has 0 saturated carbocycles. The quantitative estimate of drug-likeness (QED) is 0.893. The second kappa shape index (κ2) is 4.98. The van der Waals surface area contributed by atoms with Crippen molar-refractivity contribution < 1.29 is 0 Å². The first kappa shape index (κ1) is 12.3. The molecule has 2 aromatic rings. The second-order valence-electron chi connectivity index (χ2n) is 4.38. The van der Waals surface area contributed by atoms with Crippen molar-refractivity contribution in [3.8, 4) is 10.6 Å². The Morgan fingerprint density at radius 2 is 2.00 bits per heavy atom. The van der Waals surface area contributed by atoms with Gasteiger partial charge in [0.05, 0.1) is 0 Å². The predicted octanol–water partition coefficient (Wildman–Crippen LogP) is 3.71. The highest BCUT2D eigenvalue weighted by Crippen LogP contribution is 2.29. The third kappa shape index (κ3) is 2.56. The molecule has 0 bridgehead atoms. The van der Waals surface area contributed by atoms with Crippen LogP contribution < -0.4 is 5.32 Å². The van der Waals surface area contributed by atoms with Gasteiger partial charge in [0.1, 0.15) is 5.01 Å². The Hall–Kier alpha value is -1.19. The molecule has 1 aromatic heterocycles. The lowest BCUT2D eigenvalue weighted by Crippen LogP contribution is -2.10. The van der Waals surface area contributed by atoms with Crippen LogP contribution in [-0.4, -0.2) is 12.0 Å². The summed E-state index contributed by atoms with van der Waals surface area (Å²) in [7, 11) is 1.97. The van der Waals surface area contributed by atoms with Crippen molar-refractivity contribution in [2.24, 2.45) is 0 Å². The molecular formula is C14H18N2S. The average Bonchev–Trinajstić information content (AvgIpc) is 2.81. The van der Waals surface area contributed by atoms with Crippen molar-refractivity contribution in [2.45, 2.75) is 26.8 Å². The minimum Gasteiger partial charge on any atom is -0.312 e. The van der Waals surface area contributed by atoms with Crippen molar-refractivity contribution in [1.82, 2.24) is 10.3 Å². The largest absolute Gasteiger partial charge is 0.312 e. The SMILES string of the molecule is CNC(C)c1cnc(-c2ccc(C)c(C)c2)s1. The number of rotatable bonds is 3. The lowest BCUT2D eigenvalue weighted by Gasteiger charge is -2.05. The molecular weight excluding hydrogens is 228 g/mol. The van der Waals surface area contributed by atoms with Gasteiger partial charge in [-0.15, -0.1) is 11.3 Å². The van der Waals surface area contributed by atoms with E-state index in [1.807, 2.05) is 13.2 Å². The Morgan fingerprint density at radius 3 is 2.65 bits per heavy atom. The van der Waals surface area contributed by atoms with Gasteiger partial charge in [-0.1, -0.05) is 12.1 Å². The molecule has 90 valence electrons. The summed E-state index contributed by atoms with van der Waals surface area (Å²) in [5, 5.41) is 4.34. The number of aryl methyl sites for hydroxylation is 2. The number of thiazole rings is 1. The molecule has 0 aliphatic carbocycles. The summed E-state index contributed by atoms with van der Waals surface area (Å²) in [5.41, 5.74) is 3.86. The van der Waals surface area contributed by atoms with Crippen molar-refractivity contribution >= 4 is 11.3 Å². The number of aromatic nitrogens is 1. The van der Waals surface area contributed by atoms with Gasteiger partial charge in [-0.3, -0.25) is 0 Å². The fourth-order valence-corrected chi connectivity index (χ4v) is 2.61. The van der Waals surface area contributed by atoms with Crippen molar-refractivity contribution in [1.29, 1.82) is 0 Å². The van der Waals surface area contributed by atoms with Gasteiger partial charge in [0.25, 0.3) is 0 Å². The molecule has 0 saturated heterocycles. The normalized spacial score (nSPS) is 12.7. The maximum atomic E-state index is 4.50. The van der Waals surface area contributed by atoms with E-state index in [-0.39, 0.29) is 0 Å². The number of nitrogens with one attached hydrogen (secondary N) is 1. The van der Waals surface area contributed by atoms with E-state index in [0.29, 0.717) is 6.04 Å². The Morgan fingerprint density at radius 1 is 1.24 bits per heavy atom. The van der Waals surface area contributed by atoms with Gasteiger partial charge >= 0.3 is 0 Å². The number of nitrogens with zero attached hydrogens (tertiary/aromatic N) is 1. The zero-order valence-electron chi connectivity index (χ0n) is 10.7. The maximum Gasteiger partial charge on any atom is 0.123 e. The first-order valence-corrected chi connectivity index (χ1v) is 6.64. The highest BCUT2D eigenvalue weighted by atomic mass is 32.1. The Bertz CT molecular complexity index is 517. The predicted molar refractivity (Wildman–Crippen MR) is 74.5 cm³/mol. The van der Waals surface area contributed by atoms with E-state index < -0.39 is 0 Å². The molecule has 0 radical (unpaired) electrons. The second-order valence-corrected chi connectivity index (χ2v) is 5.44. The lowest BCUT2D eigenvalue weighted by atomic mass is 10.1. The van der Waals surface area contributed by atoms with Gasteiger partial charge in [-0.05, 0) is 45.0 Å². The molecule has 1 aromatic carbocycles. The zero-order chi connectivity index (χ0) is 12.4. The van der Waals surface area contributed by atoms with Crippen LogP contribution in [0, 0.1) is 13.8 Å². The summed E-state index contributed by atoms with van der Waals surface area (Å²) in [6.07, 6.45) is 1.97. The molecule has 0 spiro atoms. The molecule has 0 aliphatic rings. The molecule has 1 unspecified atom stereocenters. The molecule has 2 nitrogen and oxygen atoms in total. The van der Waals surface area contributed by atoms with E-state index in [1.54, 1.807) is 11.3 Å². The summed E-state index contributed by atoms with van der Waals surface area (Å²) in [6.45, 7) is 6.43. The van der Waals surface area contributed by atoms with Crippen LogP contribution in [0.25, 0.3) is 10.6 Å². The third-order valence-corrected chi connectivity index (χ3v) is 4.37. The minimum absolute atomic E-state index is 0.368. The molecule has 1 heterocycles. The Labute approximate surface area is 107 Å². The van der Waals surface area contributed by atoms with Crippen LogP contribution in [-0.2, 0) is 0 Å². The molecule has 1 atom stereocenters. The molecule has 0 aliphatic heterocycles. The topological polar surface area (TPSA) is 24.9 Å². The van der Waals surface area contributed by atoms with E-state index >= 15 is 0 Å². The van der Waals surface area contributed by atoms with Crippen molar-refractivity contribution in [3.63, 3.8) is 0 Å². The minimum atomic E-state index is 0.368. The van der Waals surface area contributed by atoms with Gasteiger partial charge in [0, 0.05) is 22.7 Å². The van der Waals surface area contributed by atoms with Gasteiger partial charge in [-0.2, -0.15) is 0 Å². The molecule has 0 amide bonds. The summed E-state index contributed by atoms with van der Waals surface area (Å²) in [6, 6.07) is 6.89. The van der Waals surface area contributed by atoms with Crippen LogP contribution in [0.3, 0.4) is 0 Å². The summed E-state index contributed by atoms with van der Waals surface area (Å²) >= 11 is 1.76. The summed E-state index contributed by atoms with van der Waals surface area (Å²) in [4.78, 5) is 5.78. The molecule has 1 N–H and O–H groups in total. The standard InChI is InChI=1S/C14H18N2S/c1-9-5-6-12(7-10(9)2)14-16-8-13(17-14)11(3)15-4/h5-8,11,15H,1-4H3. The van der Waals surface area contributed by atoms with Crippen molar-refractivity contribution in [2.75, 3.05) is 7.05 Å². The monoisotopic (exact) mass is 246 g/mol. The maximum absolute atomic E-state index is 4.50. The Kier molecular flexibility index (Phi) is 3.60. The lowest BCUT2D eigenvalue weighted by molar-refractivity contribution is 0.662. The van der Waals surface area contributed by atoms with Crippen LogP contribution >= 0.6 is 11.3 Å². The number of hydrogen-bond donors (Lipinski definition) is 1. The highest BCUT2D eigenvalue weighted by molar-refractivity contribution is 7.15. The van der Waals surface area contributed by atoms with Crippen LogP contribution in [0.4, 0.5) is 0 Å². The fourth-order valence-electron chi connectivity index (χ4n) is 1.64. The van der Waals surface area contributed by atoms with Gasteiger partial charge in [-0.25, -0.2) is 4.98 Å². The van der Waals surface area contributed by atoms with E-state index in [1.165, 1.54) is 21.6 Å². The van der Waals surface area contributed by atoms with Gasteiger partial charge < -0.3 is 5.32 Å². The van der Waals surface area contributed by atoms with Crippen LogP contribution in [0.5, 0.6) is 0 Å². The third-order valence-electron chi connectivity index (χ3n) is 3.14. The smallest absolute Gasteiger partial charge is 0.123 e. The van der Waals surface area contributed by atoms with Crippen LogP contribution in [0.2, 0.25) is 0 Å². The molecule has 2 rings (SSSR count). The van der Waals surface area contributed by atoms with E-state index in [0.717, 1.165) is 5.01 Å². The Balaban J connectivity index is 2.33. The molecule has 3 heteroatoms. The molecule has 0 fully saturated rings. The zero-order valence-corrected chi connectivity index (χ0v) is 11.6. The fraction of sp³-hybridized carbons (Fsp3) is 0.357. The first-order valence-electron chi connectivity index (χ1n) is 5.82. The number of hydrogen-bond acceptors (Lipinski definition) is 3. The number of benzene rings is 1.